The van der Waals surface area contributed by atoms with Gasteiger partial charge in [-0.1, -0.05) is 29.5 Å². The number of aryl methyl sites for hydroxylation is 2. The molecule has 3 aromatic rings. The SMILES string of the molecule is Cc1cc(C)cc(NC(=O)N2CCCC(c3nnc(-c4ccccc4F)s3)C2)c1. The normalized spacial score (nSPS) is 16.7. The van der Waals surface area contributed by atoms with Crippen LogP contribution in [-0.4, -0.2) is 34.2 Å². The fraction of sp³-hybridized carbons (Fsp3) is 0.318. The number of amides is 2. The van der Waals surface area contributed by atoms with Gasteiger partial charge in [0.2, 0.25) is 0 Å². The van der Waals surface area contributed by atoms with Gasteiger partial charge < -0.3 is 10.2 Å². The number of nitrogens with one attached hydrogen (secondary N) is 1. The Labute approximate surface area is 173 Å². The minimum atomic E-state index is -0.298. The van der Waals surface area contributed by atoms with Crippen molar-refractivity contribution in [3.63, 3.8) is 0 Å². The van der Waals surface area contributed by atoms with Gasteiger partial charge in [-0.25, -0.2) is 9.18 Å². The summed E-state index contributed by atoms with van der Waals surface area (Å²) in [5.41, 5.74) is 3.52. The van der Waals surface area contributed by atoms with E-state index in [0.717, 1.165) is 34.7 Å². The van der Waals surface area contributed by atoms with E-state index >= 15 is 0 Å². The van der Waals surface area contributed by atoms with Crippen molar-refractivity contribution >= 4 is 23.1 Å². The second-order valence-corrected chi connectivity index (χ2v) is 8.53. The number of carbonyl (C=O) groups excluding carboxylic acids is 1. The first-order chi connectivity index (χ1) is 14.0. The van der Waals surface area contributed by atoms with Gasteiger partial charge in [-0.05, 0) is 62.1 Å². The molecule has 0 radical (unpaired) electrons. The zero-order chi connectivity index (χ0) is 20.4. The van der Waals surface area contributed by atoms with E-state index in [1.54, 1.807) is 18.2 Å². The van der Waals surface area contributed by atoms with Gasteiger partial charge >= 0.3 is 6.03 Å². The number of urea groups is 1. The van der Waals surface area contributed by atoms with Crippen LogP contribution in [0.3, 0.4) is 0 Å². The number of rotatable bonds is 3. The lowest BCUT2D eigenvalue weighted by molar-refractivity contribution is 0.192. The van der Waals surface area contributed by atoms with Crippen LogP contribution >= 0.6 is 11.3 Å². The van der Waals surface area contributed by atoms with Crippen molar-refractivity contribution in [2.24, 2.45) is 0 Å². The first-order valence-corrected chi connectivity index (χ1v) is 10.5. The Morgan fingerprint density at radius 2 is 1.93 bits per heavy atom. The Bertz CT molecular complexity index is 1010. The summed E-state index contributed by atoms with van der Waals surface area (Å²) >= 11 is 1.41. The average molecular weight is 411 g/mol. The highest BCUT2D eigenvalue weighted by molar-refractivity contribution is 7.14. The summed E-state index contributed by atoms with van der Waals surface area (Å²) in [4.78, 5) is 14.6. The van der Waals surface area contributed by atoms with E-state index in [9.17, 15) is 9.18 Å². The van der Waals surface area contributed by atoms with Gasteiger partial charge in [-0.2, -0.15) is 0 Å². The van der Waals surface area contributed by atoms with E-state index in [2.05, 4.69) is 21.6 Å². The number of hydrogen-bond acceptors (Lipinski definition) is 4. The van der Waals surface area contributed by atoms with Gasteiger partial charge in [0.25, 0.3) is 0 Å². The smallest absolute Gasteiger partial charge is 0.321 e. The van der Waals surface area contributed by atoms with Crippen LogP contribution in [0.2, 0.25) is 0 Å². The van der Waals surface area contributed by atoms with Crippen molar-refractivity contribution in [3.8, 4) is 10.6 Å². The van der Waals surface area contributed by atoms with E-state index in [-0.39, 0.29) is 17.8 Å². The third-order valence-corrected chi connectivity index (χ3v) is 6.19. The lowest BCUT2D eigenvalue weighted by atomic mass is 9.99. The van der Waals surface area contributed by atoms with E-state index in [1.807, 2.05) is 30.9 Å². The Balaban J connectivity index is 1.46. The number of hydrogen-bond donors (Lipinski definition) is 1. The van der Waals surface area contributed by atoms with Crippen molar-refractivity contribution in [2.45, 2.75) is 32.6 Å². The maximum atomic E-state index is 14.0. The molecule has 1 N–H and O–H groups in total. The van der Waals surface area contributed by atoms with Crippen molar-refractivity contribution in [3.05, 3.63) is 64.4 Å². The van der Waals surface area contributed by atoms with Crippen molar-refractivity contribution in [1.29, 1.82) is 0 Å². The van der Waals surface area contributed by atoms with E-state index < -0.39 is 0 Å². The molecule has 0 aliphatic carbocycles. The number of piperidine rings is 1. The Hall–Kier alpha value is -2.80. The molecule has 1 aliphatic rings. The largest absolute Gasteiger partial charge is 0.324 e. The monoisotopic (exact) mass is 410 g/mol. The van der Waals surface area contributed by atoms with Crippen LogP contribution in [0, 0.1) is 19.7 Å². The summed E-state index contributed by atoms with van der Waals surface area (Å²) in [5.74, 6) is -0.180. The standard InChI is InChI=1S/C22H23FN4OS/c1-14-10-15(2)12-17(11-14)24-22(28)27-9-5-6-16(13-27)20-25-26-21(29-20)18-7-3-4-8-19(18)23/h3-4,7-8,10-12,16H,5-6,9,13H2,1-2H3,(H,24,28). The Morgan fingerprint density at radius 1 is 1.17 bits per heavy atom. The number of nitrogens with zero attached hydrogens (tertiary/aromatic N) is 3. The third kappa shape index (κ3) is 4.45. The van der Waals surface area contributed by atoms with Crippen LogP contribution < -0.4 is 5.32 Å². The predicted octanol–water partition coefficient (Wildman–Crippen LogP) is 5.37. The predicted molar refractivity (Wildman–Crippen MR) is 114 cm³/mol. The maximum Gasteiger partial charge on any atom is 0.321 e. The summed E-state index contributed by atoms with van der Waals surface area (Å²) in [5, 5.41) is 12.9. The molecule has 0 bridgehead atoms. The molecule has 2 amide bonds. The van der Waals surface area contributed by atoms with Crippen LogP contribution in [0.4, 0.5) is 14.9 Å². The van der Waals surface area contributed by atoms with Gasteiger partial charge in [-0.15, -0.1) is 10.2 Å². The number of benzene rings is 2. The molecule has 2 heterocycles. The summed E-state index contributed by atoms with van der Waals surface area (Å²) < 4.78 is 14.0. The van der Waals surface area contributed by atoms with Crippen LogP contribution in [0.15, 0.2) is 42.5 Å². The molecular weight excluding hydrogens is 387 g/mol. The molecular formula is C22H23FN4OS. The van der Waals surface area contributed by atoms with Gasteiger partial charge in [0.15, 0.2) is 5.01 Å². The van der Waals surface area contributed by atoms with Crippen molar-refractivity contribution in [2.75, 3.05) is 18.4 Å². The summed E-state index contributed by atoms with van der Waals surface area (Å²) in [7, 11) is 0. The highest BCUT2D eigenvalue weighted by Gasteiger charge is 2.27. The molecule has 1 aromatic heterocycles. The number of aromatic nitrogens is 2. The van der Waals surface area contributed by atoms with E-state index in [0.29, 0.717) is 23.7 Å². The number of carbonyl (C=O) groups is 1. The molecule has 1 atom stereocenters. The fourth-order valence-electron chi connectivity index (χ4n) is 3.76. The Morgan fingerprint density at radius 3 is 2.69 bits per heavy atom. The average Bonchev–Trinajstić information content (AvgIpc) is 3.17. The summed E-state index contributed by atoms with van der Waals surface area (Å²) in [6.07, 6.45) is 1.85. The highest BCUT2D eigenvalue weighted by Crippen LogP contribution is 2.33. The zero-order valence-corrected chi connectivity index (χ0v) is 17.3. The minimum Gasteiger partial charge on any atom is -0.324 e. The highest BCUT2D eigenvalue weighted by atomic mass is 32.1. The number of halogens is 1. The van der Waals surface area contributed by atoms with Gasteiger partial charge in [-0.3, -0.25) is 0 Å². The number of anilines is 1. The third-order valence-electron chi connectivity index (χ3n) is 5.08. The van der Waals surface area contributed by atoms with Crippen LogP contribution in [0.25, 0.3) is 10.6 Å². The maximum absolute atomic E-state index is 14.0. The minimum absolute atomic E-state index is 0.0986. The second-order valence-electron chi connectivity index (χ2n) is 7.52. The molecule has 1 saturated heterocycles. The lowest BCUT2D eigenvalue weighted by Crippen LogP contribution is -2.41. The zero-order valence-electron chi connectivity index (χ0n) is 16.5. The van der Waals surface area contributed by atoms with Crippen molar-refractivity contribution in [1.82, 2.24) is 15.1 Å². The summed E-state index contributed by atoms with van der Waals surface area (Å²) in [6.45, 7) is 5.33. The lowest BCUT2D eigenvalue weighted by Gasteiger charge is -2.31. The molecule has 1 fully saturated rings. The first-order valence-electron chi connectivity index (χ1n) is 9.72. The second kappa shape index (κ2) is 8.29. The topological polar surface area (TPSA) is 58.1 Å². The molecule has 1 unspecified atom stereocenters. The molecule has 0 spiro atoms. The van der Waals surface area contributed by atoms with Gasteiger partial charge in [0.05, 0.1) is 0 Å². The van der Waals surface area contributed by atoms with Crippen LogP contribution in [0.1, 0.15) is 34.9 Å². The van der Waals surface area contributed by atoms with Gasteiger partial charge in [0.1, 0.15) is 10.8 Å². The van der Waals surface area contributed by atoms with Gasteiger partial charge in [0, 0.05) is 30.3 Å². The molecule has 1 aliphatic heterocycles. The molecule has 0 saturated carbocycles. The molecule has 7 heteroatoms. The molecule has 5 nitrogen and oxygen atoms in total. The molecule has 150 valence electrons. The number of likely N-dealkylation sites (tertiary alicyclic amines) is 1. The van der Waals surface area contributed by atoms with E-state index in [1.165, 1.54) is 17.4 Å². The van der Waals surface area contributed by atoms with E-state index in [4.69, 9.17) is 0 Å². The van der Waals surface area contributed by atoms with Crippen LogP contribution in [0.5, 0.6) is 0 Å². The van der Waals surface area contributed by atoms with Crippen LogP contribution in [-0.2, 0) is 0 Å². The summed E-state index contributed by atoms with van der Waals surface area (Å²) in [6, 6.07) is 12.5. The molecule has 4 rings (SSSR count). The van der Waals surface area contributed by atoms with Crippen molar-refractivity contribution < 1.29 is 9.18 Å². The quantitative estimate of drug-likeness (QED) is 0.631. The Kier molecular flexibility index (Phi) is 5.58. The first kappa shape index (κ1) is 19.5. The fourth-order valence-corrected chi connectivity index (χ4v) is 4.75. The molecule has 29 heavy (non-hydrogen) atoms. The molecule has 2 aromatic carbocycles.